The second-order valence-corrected chi connectivity index (χ2v) is 8.11. The summed E-state index contributed by atoms with van der Waals surface area (Å²) in [7, 11) is 1.71. The van der Waals surface area contributed by atoms with Gasteiger partial charge >= 0.3 is 0 Å². The van der Waals surface area contributed by atoms with Gasteiger partial charge in [0.25, 0.3) is 0 Å². The molecule has 30 heavy (non-hydrogen) atoms. The molecule has 1 aliphatic rings. The number of likely N-dealkylation sites (N-methyl/N-ethyl adjacent to an activating group) is 1. The maximum absolute atomic E-state index is 5.87. The van der Waals surface area contributed by atoms with Gasteiger partial charge in [0.05, 0.1) is 13.2 Å². The van der Waals surface area contributed by atoms with E-state index in [0.29, 0.717) is 6.04 Å². The Hall–Kier alpha value is -1.82. The highest BCUT2D eigenvalue weighted by molar-refractivity contribution is 5.85. The van der Waals surface area contributed by atoms with Crippen molar-refractivity contribution < 1.29 is 9.47 Å². The first kappa shape index (κ1) is 24.4. The van der Waals surface area contributed by atoms with Crippen LogP contribution in [0.1, 0.15) is 44.7 Å². The summed E-state index contributed by atoms with van der Waals surface area (Å²) >= 11 is 0. The van der Waals surface area contributed by atoms with Gasteiger partial charge in [0.15, 0.2) is 11.5 Å². The lowest BCUT2D eigenvalue weighted by Gasteiger charge is -2.30. The fourth-order valence-electron chi connectivity index (χ4n) is 4.17. The Morgan fingerprint density at radius 2 is 1.97 bits per heavy atom. The number of hydrogen-bond acceptors (Lipinski definition) is 5. The highest BCUT2D eigenvalue weighted by Crippen LogP contribution is 2.30. The first-order valence-electron chi connectivity index (χ1n) is 10.8. The summed E-state index contributed by atoms with van der Waals surface area (Å²) in [4.78, 5) is 9.44. The average molecular weight is 434 g/mol. The molecule has 166 valence electrons. The van der Waals surface area contributed by atoms with Crippen molar-refractivity contribution in [3.05, 3.63) is 53.9 Å². The number of halogens is 1. The van der Waals surface area contributed by atoms with Crippen LogP contribution in [0.25, 0.3) is 0 Å². The minimum atomic E-state index is 0. The molecule has 0 aliphatic carbocycles. The van der Waals surface area contributed by atoms with Crippen molar-refractivity contribution in [3.8, 4) is 11.5 Å². The molecule has 6 heteroatoms. The van der Waals surface area contributed by atoms with Gasteiger partial charge in [0, 0.05) is 38.1 Å². The molecule has 0 spiro atoms. The molecule has 2 heterocycles. The smallest absolute Gasteiger partial charge is 0.161 e. The summed E-state index contributed by atoms with van der Waals surface area (Å²) in [5.41, 5.74) is 2.49. The van der Waals surface area contributed by atoms with Gasteiger partial charge in [-0.05, 0) is 69.1 Å². The Balaban J connectivity index is 0.00000320. The zero-order chi connectivity index (χ0) is 20.6. The van der Waals surface area contributed by atoms with E-state index in [0.717, 1.165) is 37.7 Å². The van der Waals surface area contributed by atoms with Crippen molar-refractivity contribution in [2.45, 2.75) is 58.8 Å². The van der Waals surface area contributed by atoms with Gasteiger partial charge in [-0.25, -0.2) is 0 Å². The van der Waals surface area contributed by atoms with Gasteiger partial charge < -0.3 is 9.47 Å². The van der Waals surface area contributed by atoms with Crippen LogP contribution in [0.4, 0.5) is 0 Å². The lowest BCUT2D eigenvalue weighted by atomic mass is 10.1. The third-order valence-corrected chi connectivity index (χ3v) is 5.50. The highest BCUT2D eigenvalue weighted by Gasteiger charge is 2.25. The summed E-state index contributed by atoms with van der Waals surface area (Å²) in [5, 5.41) is 0. The molecule has 0 N–H and O–H groups in total. The first-order chi connectivity index (χ1) is 14.1. The van der Waals surface area contributed by atoms with Crippen molar-refractivity contribution in [3.63, 3.8) is 0 Å². The third kappa shape index (κ3) is 6.86. The van der Waals surface area contributed by atoms with Gasteiger partial charge in [-0.1, -0.05) is 19.1 Å². The number of aromatic nitrogens is 1. The molecule has 3 rings (SSSR count). The Labute approximate surface area is 187 Å². The number of likely N-dealkylation sites (tertiary alicyclic amines) is 1. The van der Waals surface area contributed by atoms with Gasteiger partial charge in [0.2, 0.25) is 0 Å². The topological polar surface area (TPSA) is 37.8 Å². The van der Waals surface area contributed by atoms with Crippen molar-refractivity contribution in [1.29, 1.82) is 0 Å². The fourth-order valence-corrected chi connectivity index (χ4v) is 4.17. The van der Waals surface area contributed by atoms with Crippen LogP contribution in [0.3, 0.4) is 0 Å². The minimum absolute atomic E-state index is 0. The Kier molecular flexibility index (Phi) is 9.89. The van der Waals surface area contributed by atoms with Gasteiger partial charge in [-0.2, -0.15) is 0 Å². The third-order valence-electron chi connectivity index (χ3n) is 5.50. The minimum Gasteiger partial charge on any atom is -0.493 e. The number of hydrogen-bond donors (Lipinski definition) is 0. The average Bonchev–Trinajstić information content (AvgIpc) is 3.16. The monoisotopic (exact) mass is 433 g/mol. The molecule has 1 saturated heterocycles. The van der Waals surface area contributed by atoms with Crippen LogP contribution in [0, 0.1) is 0 Å². The van der Waals surface area contributed by atoms with Crippen LogP contribution in [0.2, 0.25) is 0 Å². The largest absolute Gasteiger partial charge is 0.493 e. The zero-order valence-corrected chi connectivity index (χ0v) is 19.5. The molecule has 1 unspecified atom stereocenters. The summed E-state index contributed by atoms with van der Waals surface area (Å²) in [5.74, 6) is 1.60. The molecule has 0 bridgehead atoms. The van der Waals surface area contributed by atoms with Crippen molar-refractivity contribution in [2.24, 2.45) is 0 Å². The SMILES string of the molecule is CCN1CCCC1CN(Cc1cccnc1)Cc1ccc(OC(C)C)c(OC)c1.Cl. The molecule has 0 amide bonds. The maximum atomic E-state index is 5.87. The molecule has 1 fully saturated rings. The Morgan fingerprint density at radius 1 is 1.17 bits per heavy atom. The summed E-state index contributed by atoms with van der Waals surface area (Å²) in [6, 6.07) is 11.1. The second-order valence-electron chi connectivity index (χ2n) is 8.11. The normalized spacial score (nSPS) is 16.7. The van der Waals surface area contributed by atoms with Crippen LogP contribution in [0.15, 0.2) is 42.7 Å². The van der Waals surface area contributed by atoms with Crippen LogP contribution in [-0.4, -0.2) is 53.7 Å². The number of pyridine rings is 1. The van der Waals surface area contributed by atoms with E-state index >= 15 is 0 Å². The molecule has 1 aromatic carbocycles. The van der Waals surface area contributed by atoms with Gasteiger partial charge in [0.1, 0.15) is 0 Å². The molecule has 1 atom stereocenters. The predicted octanol–water partition coefficient (Wildman–Crippen LogP) is 4.79. The van der Waals surface area contributed by atoms with E-state index < -0.39 is 0 Å². The maximum Gasteiger partial charge on any atom is 0.161 e. The lowest BCUT2D eigenvalue weighted by Crippen LogP contribution is -2.39. The molecular weight excluding hydrogens is 398 g/mol. The molecule has 1 aliphatic heterocycles. The summed E-state index contributed by atoms with van der Waals surface area (Å²) < 4.78 is 11.5. The van der Waals surface area contributed by atoms with Crippen molar-refractivity contribution in [1.82, 2.24) is 14.8 Å². The van der Waals surface area contributed by atoms with E-state index in [9.17, 15) is 0 Å². The summed E-state index contributed by atoms with van der Waals surface area (Å²) in [6.45, 7) is 11.5. The molecular formula is C24H36ClN3O2. The molecule has 0 saturated carbocycles. The Bertz CT molecular complexity index is 757. The Morgan fingerprint density at radius 3 is 2.63 bits per heavy atom. The van der Waals surface area contributed by atoms with E-state index in [-0.39, 0.29) is 18.5 Å². The van der Waals surface area contributed by atoms with Crippen molar-refractivity contribution in [2.75, 3.05) is 26.7 Å². The predicted molar refractivity (Wildman–Crippen MR) is 125 cm³/mol. The van der Waals surface area contributed by atoms with Crippen LogP contribution in [-0.2, 0) is 13.1 Å². The number of ether oxygens (including phenoxy) is 2. The number of benzene rings is 1. The van der Waals surface area contributed by atoms with E-state index in [4.69, 9.17) is 9.47 Å². The zero-order valence-electron chi connectivity index (χ0n) is 18.7. The number of rotatable bonds is 10. The van der Waals surface area contributed by atoms with E-state index in [1.165, 1.54) is 30.5 Å². The summed E-state index contributed by atoms with van der Waals surface area (Å²) in [6.07, 6.45) is 6.51. The van der Waals surface area contributed by atoms with Crippen LogP contribution >= 0.6 is 12.4 Å². The van der Waals surface area contributed by atoms with E-state index in [1.807, 2.05) is 38.4 Å². The second kappa shape index (κ2) is 12.1. The van der Waals surface area contributed by atoms with E-state index in [2.05, 4.69) is 39.9 Å². The molecule has 5 nitrogen and oxygen atoms in total. The quantitative estimate of drug-likeness (QED) is 0.538. The molecule has 2 aromatic rings. The highest BCUT2D eigenvalue weighted by atomic mass is 35.5. The first-order valence-corrected chi connectivity index (χ1v) is 10.8. The van der Waals surface area contributed by atoms with E-state index in [1.54, 1.807) is 7.11 Å². The fraction of sp³-hybridized carbons (Fsp3) is 0.542. The lowest BCUT2D eigenvalue weighted by molar-refractivity contribution is 0.165. The van der Waals surface area contributed by atoms with Gasteiger partial charge in [-0.15, -0.1) is 12.4 Å². The standard InChI is InChI=1S/C24H35N3O2.ClH/c1-5-27-13-7-9-22(27)18-26(17-21-8-6-12-25-15-21)16-20-10-11-23(29-19(2)3)24(14-20)28-4;/h6,8,10-12,14-15,19,22H,5,7,9,13,16-18H2,1-4H3;1H. The molecule has 0 radical (unpaired) electrons. The number of methoxy groups -OCH3 is 1. The van der Waals surface area contributed by atoms with Crippen LogP contribution < -0.4 is 9.47 Å². The molecule has 1 aromatic heterocycles. The number of nitrogens with zero attached hydrogens (tertiary/aromatic N) is 3. The van der Waals surface area contributed by atoms with Crippen LogP contribution in [0.5, 0.6) is 11.5 Å². The van der Waals surface area contributed by atoms with Gasteiger partial charge in [-0.3, -0.25) is 14.8 Å². The van der Waals surface area contributed by atoms with Crippen molar-refractivity contribution >= 4 is 12.4 Å².